The number of aromatic nitrogens is 2. The summed E-state index contributed by atoms with van der Waals surface area (Å²) < 4.78 is 2.10. The van der Waals surface area contributed by atoms with Crippen LogP contribution >= 0.6 is 11.3 Å². The third kappa shape index (κ3) is 2.92. The van der Waals surface area contributed by atoms with Crippen molar-refractivity contribution in [2.75, 3.05) is 6.54 Å². The molecule has 20 heavy (non-hydrogen) atoms. The summed E-state index contributed by atoms with van der Waals surface area (Å²) in [6, 6.07) is 11.0. The van der Waals surface area contributed by atoms with Gasteiger partial charge in [0, 0.05) is 30.2 Å². The average Bonchev–Trinajstić information content (AvgIpc) is 3.05. The molecule has 1 N–H and O–H groups in total. The van der Waals surface area contributed by atoms with Crippen molar-refractivity contribution < 1.29 is 0 Å². The Kier molecular flexibility index (Phi) is 4.14. The van der Waals surface area contributed by atoms with Gasteiger partial charge in [0.2, 0.25) is 0 Å². The Morgan fingerprint density at radius 3 is 2.90 bits per heavy atom. The molecule has 0 saturated heterocycles. The van der Waals surface area contributed by atoms with Crippen molar-refractivity contribution >= 4 is 16.3 Å². The van der Waals surface area contributed by atoms with Crippen molar-refractivity contribution in [3.05, 3.63) is 59.4 Å². The van der Waals surface area contributed by atoms with Crippen LogP contribution in [0.15, 0.2) is 48.1 Å². The lowest BCUT2D eigenvalue weighted by atomic mass is 10.0. The van der Waals surface area contributed by atoms with Gasteiger partial charge in [0.15, 0.2) is 4.96 Å². The van der Waals surface area contributed by atoms with Gasteiger partial charge in [0.25, 0.3) is 0 Å². The molecule has 0 aliphatic rings. The van der Waals surface area contributed by atoms with E-state index >= 15 is 0 Å². The summed E-state index contributed by atoms with van der Waals surface area (Å²) in [4.78, 5) is 5.76. The molecule has 0 aliphatic carbocycles. The Bertz CT molecular complexity index is 628. The zero-order valence-corrected chi connectivity index (χ0v) is 12.4. The van der Waals surface area contributed by atoms with Gasteiger partial charge in [-0.2, -0.15) is 0 Å². The molecule has 0 radical (unpaired) electrons. The molecule has 1 unspecified atom stereocenters. The molecule has 2 aromatic heterocycles. The minimum atomic E-state index is 0.334. The highest BCUT2D eigenvalue weighted by atomic mass is 32.1. The zero-order chi connectivity index (χ0) is 13.8. The summed E-state index contributed by atoms with van der Waals surface area (Å²) in [7, 11) is 0. The van der Waals surface area contributed by atoms with E-state index in [1.54, 1.807) is 11.3 Å². The van der Waals surface area contributed by atoms with Crippen molar-refractivity contribution in [3.8, 4) is 0 Å². The number of hydrogen-bond acceptors (Lipinski definition) is 3. The quantitative estimate of drug-likeness (QED) is 0.748. The molecular formula is C16H19N3S. The fourth-order valence-electron chi connectivity index (χ4n) is 2.40. The second-order valence-corrected chi connectivity index (χ2v) is 5.82. The Labute approximate surface area is 123 Å². The lowest BCUT2D eigenvalue weighted by Crippen LogP contribution is -2.24. The van der Waals surface area contributed by atoms with Crippen molar-refractivity contribution in [1.82, 2.24) is 14.7 Å². The van der Waals surface area contributed by atoms with Crippen molar-refractivity contribution in [2.24, 2.45) is 0 Å². The maximum Gasteiger partial charge on any atom is 0.193 e. The summed E-state index contributed by atoms with van der Waals surface area (Å²) in [5, 5.41) is 5.69. The molecule has 0 fully saturated rings. The van der Waals surface area contributed by atoms with Gasteiger partial charge in [0.1, 0.15) is 0 Å². The predicted octanol–water partition coefficient (Wildman–Crippen LogP) is 3.68. The Morgan fingerprint density at radius 1 is 1.30 bits per heavy atom. The largest absolute Gasteiger partial charge is 0.310 e. The maximum atomic E-state index is 4.69. The highest BCUT2D eigenvalue weighted by Gasteiger charge is 2.13. The van der Waals surface area contributed by atoms with Crippen LogP contribution in [0.1, 0.15) is 30.6 Å². The van der Waals surface area contributed by atoms with E-state index in [4.69, 9.17) is 0 Å². The van der Waals surface area contributed by atoms with Gasteiger partial charge >= 0.3 is 0 Å². The molecule has 104 valence electrons. The fraction of sp³-hybridized carbons (Fsp3) is 0.312. The van der Waals surface area contributed by atoms with E-state index in [2.05, 4.69) is 69.7 Å². The molecule has 2 heterocycles. The predicted molar refractivity (Wildman–Crippen MR) is 84.2 cm³/mol. The van der Waals surface area contributed by atoms with Crippen molar-refractivity contribution in [1.29, 1.82) is 0 Å². The Morgan fingerprint density at radius 2 is 2.15 bits per heavy atom. The smallest absolute Gasteiger partial charge is 0.193 e. The van der Waals surface area contributed by atoms with Gasteiger partial charge in [-0.15, -0.1) is 11.3 Å². The van der Waals surface area contributed by atoms with Crippen LogP contribution in [0.3, 0.4) is 0 Å². The molecule has 0 bridgehead atoms. The van der Waals surface area contributed by atoms with Gasteiger partial charge in [-0.25, -0.2) is 4.98 Å². The molecule has 0 saturated carbocycles. The number of imidazole rings is 1. The van der Waals surface area contributed by atoms with Gasteiger partial charge in [-0.3, -0.25) is 4.40 Å². The second kappa shape index (κ2) is 6.20. The van der Waals surface area contributed by atoms with Crippen molar-refractivity contribution in [2.45, 2.75) is 25.8 Å². The SMILES string of the molecule is CCCNC(Cc1cn2ccsc2n1)c1ccccc1. The summed E-state index contributed by atoms with van der Waals surface area (Å²) >= 11 is 1.68. The number of rotatable bonds is 6. The van der Waals surface area contributed by atoms with Crippen LogP contribution in [-0.4, -0.2) is 15.9 Å². The molecule has 3 rings (SSSR count). The van der Waals surface area contributed by atoms with Gasteiger partial charge in [0.05, 0.1) is 5.69 Å². The van der Waals surface area contributed by atoms with Crippen LogP contribution in [0.2, 0.25) is 0 Å². The molecule has 0 amide bonds. The first-order valence-corrected chi connectivity index (χ1v) is 7.94. The molecule has 3 nitrogen and oxygen atoms in total. The number of thiazole rings is 1. The summed E-state index contributed by atoms with van der Waals surface area (Å²) in [6.07, 6.45) is 6.27. The number of hydrogen-bond donors (Lipinski definition) is 1. The Balaban J connectivity index is 1.80. The number of benzene rings is 1. The summed E-state index contributed by atoms with van der Waals surface area (Å²) in [6.45, 7) is 3.23. The lowest BCUT2D eigenvalue weighted by molar-refractivity contribution is 0.525. The number of nitrogens with zero attached hydrogens (tertiary/aromatic N) is 2. The second-order valence-electron chi connectivity index (χ2n) is 4.95. The van der Waals surface area contributed by atoms with Crippen LogP contribution in [0.4, 0.5) is 0 Å². The standard InChI is InChI=1S/C16H19N3S/c1-2-8-17-15(13-6-4-3-5-7-13)11-14-12-19-9-10-20-16(19)18-14/h3-7,9-10,12,15,17H,2,8,11H2,1H3. The number of fused-ring (bicyclic) bond motifs is 1. The first-order valence-electron chi connectivity index (χ1n) is 7.06. The lowest BCUT2D eigenvalue weighted by Gasteiger charge is -2.17. The van der Waals surface area contributed by atoms with Gasteiger partial charge in [-0.05, 0) is 18.5 Å². The first kappa shape index (κ1) is 13.3. The molecule has 1 atom stereocenters. The first-order chi connectivity index (χ1) is 9.86. The maximum absolute atomic E-state index is 4.69. The van der Waals surface area contributed by atoms with E-state index < -0.39 is 0 Å². The summed E-state index contributed by atoms with van der Waals surface area (Å²) in [5.41, 5.74) is 2.48. The molecular weight excluding hydrogens is 266 g/mol. The monoisotopic (exact) mass is 285 g/mol. The molecule has 0 aliphatic heterocycles. The normalized spacial score (nSPS) is 12.8. The minimum Gasteiger partial charge on any atom is -0.310 e. The van der Waals surface area contributed by atoms with E-state index in [0.29, 0.717) is 6.04 Å². The molecule has 4 heteroatoms. The topological polar surface area (TPSA) is 29.3 Å². The van der Waals surface area contributed by atoms with E-state index in [-0.39, 0.29) is 0 Å². The third-order valence-electron chi connectivity index (χ3n) is 3.40. The van der Waals surface area contributed by atoms with E-state index in [1.807, 2.05) is 0 Å². The molecule has 1 aromatic carbocycles. The molecule has 0 spiro atoms. The van der Waals surface area contributed by atoms with Crippen LogP contribution in [-0.2, 0) is 6.42 Å². The highest BCUT2D eigenvalue weighted by Crippen LogP contribution is 2.19. The van der Waals surface area contributed by atoms with Crippen LogP contribution in [0.25, 0.3) is 4.96 Å². The van der Waals surface area contributed by atoms with Crippen LogP contribution in [0.5, 0.6) is 0 Å². The van der Waals surface area contributed by atoms with Crippen LogP contribution < -0.4 is 5.32 Å². The van der Waals surface area contributed by atoms with Crippen molar-refractivity contribution in [3.63, 3.8) is 0 Å². The molecule has 3 aromatic rings. The average molecular weight is 285 g/mol. The summed E-state index contributed by atoms with van der Waals surface area (Å²) in [5.74, 6) is 0. The van der Waals surface area contributed by atoms with E-state index in [0.717, 1.165) is 30.0 Å². The van der Waals surface area contributed by atoms with Gasteiger partial charge < -0.3 is 5.32 Å². The highest BCUT2D eigenvalue weighted by molar-refractivity contribution is 7.15. The van der Waals surface area contributed by atoms with E-state index in [1.165, 1.54) is 5.56 Å². The third-order valence-corrected chi connectivity index (χ3v) is 4.17. The number of nitrogens with one attached hydrogen (secondary N) is 1. The zero-order valence-electron chi connectivity index (χ0n) is 11.6. The van der Waals surface area contributed by atoms with E-state index in [9.17, 15) is 0 Å². The minimum absolute atomic E-state index is 0.334. The van der Waals surface area contributed by atoms with Gasteiger partial charge in [-0.1, -0.05) is 37.3 Å². The van der Waals surface area contributed by atoms with Crippen LogP contribution in [0, 0.1) is 0 Å². The fourth-order valence-corrected chi connectivity index (χ4v) is 3.11. The Hall–Kier alpha value is -1.65.